The number of aromatic nitrogens is 2. The first-order valence-electron chi connectivity index (χ1n) is 7.07. The van der Waals surface area contributed by atoms with Gasteiger partial charge in [-0.25, -0.2) is 4.98 Å². The van der Waals surface area contributed by atoms with Gasteiger partial charge in [0.1, 0.15) is 5.82 Å². The molecule has 1 saturated carbocycles. The minimum absolute atomic E-state index is 0.0782. The first-order valence-corrected chi connectivity index (χ1v) is 7.07. The van der Waals surface area contributed by atoms with Crippen LogP contribution < -0.4 is 5.73 Å². The smallest absolute Gasteiger partial charge is 0.121 e. The molecule has 0 amide bonds. The van der Waals surface area contributed by atoms with Gasteiger partial charge in [-0.3, -0.25) is 4.57 Å². The van der Waals surface area contributed by atoms with Crippen LogP contribution in [0, 0.1) is 0 Å². The van der Waals surface area contributed by atoms with Crippen LogP contribution in [-0.4, -0.2) is 16.1 Å². The van der Waals surface area contributed by atoms with E-state index in [9.17, 15) is 0 Å². The molecule has 0 radical (unpaired) electrons. The second-order valence-electron chi connectivity index (χ2n) is 5.58. The molecule has 0 unspecified atom stereocenters. The highest BCUT2D eigenvalue weighted by Gasteiger charge is 2.47. The predicted octanol–water partition coefficient (Wildman–Crippen LogP) is 3.02. The monoisotopic (exact) mass is 263 g/mol. The summed E-state index contributed by atoms with van der Waals surface area (Å²) in [6.07, 6.45) is 2.28. The Morgan fingerprint density at radius 1 is 1.00 bits per heavy atom. The largest absolute Gasteiger partial charge is 0.329 e. The first kappa shape index (κ1) is 11.7. The Morgan fingerprint density at radius 3 is 2.40 bits per heavy atom. The topological polar surface area (TPSA) is 43.8 Å². The van der Waals surface area contributed by atoms with E-state index in [0.717, 1.165) is 35.4 Å². The van der Waals surface area contributed by atoms with Gasteiger partial charge in [-0.1, -0.05) is 30.3 Å². The molecule has 0 saturated heterocycles. The van der Waals surface area contributed by atoms with Crippen LogP contribution in [0.4, 0.5) is 0 Å². The molecule has 0 spiro atoms. The van der Waals surface area contributed by atoms with Crippen LogP contribution >= 0.6 is 0 Å². The fourth-order valence-electron chi connectivity index (χ4n) is 2.89. The van der Waals surface area contributed by atoms with Gasteiger partial charge in [-0.2, -0.15) is 0 Å². The van der Waals surface area contributed by atoms with Gasteiger partial charge in [0.25, 0.3) is 0 Å². The highest BCUT2D eigenvalue weighted by Crippen LogP contribution is 2.48. The van der Waals surface area contributed by atoms with Crippen molar-refractivity contribution in [2.24, 2.45) is 5.73 Å². The van der Waals surface area contributed by atoms with Crippen molar-refractivity contribution in [1.82, 2.24) is 9.55 Å². The Bertz CT molecular complexity index is 754. The average Bonchev–Trinajstić information content (AvgIpc) is 3.22. The zero-order valence-corrected chi connectivity index (χ0v) is 11.3. The predicted molar refractivity (Wildman–Crippen MR) is 81.0 cm³/mol. The number of hydrogen-bond donors (Lipinski definition) is 1. The van der Waals surface area contributed by atoms with Crippen molar-refractivity contribution < 1.29 is 0 Å². The second kappa shape index (κ2) is 4.18. The van der Waals surface area contributed by atoms with E-state index in [4.69, 9.17) is 10.7 Å². The summed E-state index contributed by atoms with van der Waals surface area (Å²) in [5.41, 5.74) is 9.47. The van der Waals surface area contributed by atoms with Crippen LogP contribution in [0.15, 0.2) is 54.6 Å². The highest BCUT2D eigenvalue weighted by molar-refractivity contribution is 5.78. The van der Waals surface area contributed by atoms with Crippen molar-refractivity contribution in [3.05, 3.63) is 60.4 Å². The lowest BCUT2D eigenvalue weighted by atomic mass is 10.1. The second-order valence-corrected chi connectivity index (χ2v) is 5.58. The summed E-state index contributed by atoms with van der Waals surface area (Å²) in [4.78, 5) is 4.88. The molecule has 0 aliphatic heterocycles. The molecule has 1 aliphatic carbocycles. The van der Waals surface area contributed by atoms with Crippen LogP contribution in [-0.2, 0) is 5.41 Å². The van der Waals surface area contributed by atoms with E-state index >= 15 is 0 Å². The number of rotatable bonds is 3. The van der Waals surface area contributed by atoms with Crippen molar-refractivity contribution in [1.29, 1.82) is 0 Å². The third-order valence-corrected chi connectivity index (χ3v) is 4.29. The molecule has 1 aromatic heterocycles. The lowest BCUT2D eigenvalue weighted by Crippen LogP contribution is -2.23. The number of benzene rings is 2. The average molecular weight is 263 g/mol. The molecule has 3 aromatic rings. The fraction of sp³-hybridized carbons (Fsp3) is 0.235. The summed E-state index contributed by atoms with van der Waals surface area (Å²) in [6, 6.07) is 18.7. The van der Waals surface area contributed by atoms with E-state index in [1.54, 1.807) is 0 Å². The molecular formula is C17H17N3. The molecule has 20 heavy (non-hydrogen) atoms. The molecule has 2 N–H and O–H groups in total. The Balaban J connectivity index is 2.04. The summed E-state index contributed by atoms with van der Waals surface area (Å²) in [5, 5.41) is 0. The number of imidazole rings is 1. The van der Waals surface area contributed by atoms with Crippen LogP contribution in [0.3, 0.4) is 0 Å². The maximum atomic E-state index is 6.02. The normalized spacial score (nSPS) is 16.4. The molecular weight excluding hydrogens is 246 g/mol. The molecule has 0 atom stereocenters. The minimum atomic E-state index is 0.0782. The maximum absolute atomic E-state index is 6.02. The van der Waals surface area contributed by atoms with Gasteiger partial charge in [0.05, 0.1) is 11.0 Å². The van der Waals surface area contributed by atoms with Gasteiger partial charge in [-0.15, -0.1) is 0 Å². The highest BCUT2D eigenvalue weighted by atomic mass is 15.1. The van der Waals surface area contributed by atoms with E-state index in [1.165, 1.54) is 0 Å². The van der Waals surface area contributed by atoms with Gasteiger partial charge in [0, 0.05) is 17.6 Å². The van der Waals surface area contributed by atoms with Crippen LogP contribution in [0.1, 0.15) is 18.7 Å². The van der Waals surface area contributed by atoms with Crippen LogP contribution in [0.25, 0.3) is 16.7 Å². The Morgan fingerprint density at radius 2 is 1.70 bits per heavy atom. The quantitative estimate of drug-likeness (QED) is 0.789. The summed E-state index contributed by atoms with van der Waals surface area (Å²) in [5.74, 6) is 1.12. The lowest BCUT2D eigenvalue weighted by molar-refractivity contribution is 0.640. The van der Waals surface area contributed by atoms with Crippen molar-refractivity contribution in [3.63, 3.8) is 0 Å². The number of para-hydroxylation sites is 3. The molecule has 3 nitrogen and oxygen atoms in total. The zero-order valence-electron chi connectivity index (χ0n) is 11.3. The van der Waals surface area contributed by atoms with Crippen LogP contribution in [0.5, 0.6) is 0 Å². The van der Waals surface area contributed by atoms with E-state index in [-0.39, 0.29) is 5.41 Å². The van der Waals surface area contributed by atoms with E-state index in [0.29, 0.717) is 6.54 Å². The van der Waals surface area contributed by atoms with Crippen molar-refractivity contribution >= 4 is 11.0 Å². The number of hydrogen-bond acceptors (Lipinski definition) is 2. The van der Waals surface area contributed by atoms with Crippen molar-refractivity contribution in [2.75, 3.05) is 6.54 Å². The molecule has 0 bridgehead atoms. The lowest BCUT2D eigenvalue weighted by Gasteiger charge is -2.15. The van der Waals surface area contributed by atoms with Gasteiger partial charge in [-0.05, 0) is 37.1 Å². The Labute approximate surface area is 118 Å². The van der Waals surface area contributed by atoms with E-state index in [1.807, 2.05) is 12.1 Å². The molecule has 2 aromatic carbocycles. The van der Waals surface area contributed by atoms with E-state index in [2.05, 4.69) is 47.0 Å². The number of fused-ring (bicyclic) bond motifs is 1. The van der Waals surface area contributed by atoms with Crippen molar-refractivity contribution in [2.45, 2.75) is 18.3 Å². The number of nitrogens with zero attached hydrogens (tertiary/aromatic N) is 2. The van der Waals surface area contributed by atoms with Gasteiger partial charge in [0.2, 0.25) is 0 Å². The third-order valence-electron chi connectivity index (χ3n) is 4.29. The first-order chi connectivity index (χ1) is 9.84. The fourth-order valence-corrected chi connectivity index (χ4v) is 2.89. The third kappa shape index (κ3) is 1.60. The van der Waals surface area contributed by atoms with E-state index < -0.39 is 0 Å². The molecule has 1 fully saturated rings. The SMILES string of the molecule is NCC1(c2nc3ccccc3n2-c2ccccc2)CC1. The molecule has 4 rings (SSSR count). The summed E-state index contributed by atoms with van der Waals surface area (Å²) in [7, 11) is 0. The summed E-state index contributed by atoms with van der Waals surface area (Å²) >= 11 is 0. The molecule has 1 aliphatic rings. The summed E-state index contributed by atoms with van der Waals surface area (Å²) in [6.45, 7) is 0.670. The van der Waals surface area contributed by atoms with Gasteiger partial charge >= 0.3 is 0 Å². The standard InChI is InChI=1S/C17H17N3/c18-12-17(10-11-17)16-19-14-8-4-5-9-15(14)20(16)13-6-2-1-3-7-13/h1-9H,10-12,18H2. The zero-order chi connectivity index (χ0) is 13.6. The van der Waals surface area contributed by atoms with Gasteiger partial charge < -0.3 is 5.73 Å². The van der Waals surface area contributed by atoms with Crippen molar-refractivity contribution in [3.8, 4) is 5.69 Å². The maximum Gasteiger partial charge on any atom is 0.121 e. The molecule has 1 heterocycles. The Hall–Kier alpha value is -2.13. The number of nitrogens with two attached hydrogens (primary N) is 1. The minimum Gasteiger partial charge on any atom is -0.329 e. The Kier molecular flexibility index (Phi) is 2.44. The van der Waals surface area contributed by atoms with Gasteiger partial charge in [0.15, 0.2) is 0 Å². The molecule has 100 valence electrons. The van der Waals surface area contributed by atoms with Crippen LogP contribution in [0.2, 0.25) is 0 Å². The molecule has 3 heteroatoms. The summed E-state index contributed by atoms with van der Waals surface area (Å²) < 4.78 is 2.27.